The molecule has 1 heterocycles. The smallest absolute Gasteiger partial charge is 0.183 e. The zero-order valence-corrected chi connectivity index (χ0v) is 6.82. The van der Waals surface area contributed by atoms with E-state index < -0.39 is 0 Å². The molecule has 0 aromatic heterocycles. The summed E-state index contributed by atoms with van der Waals surface area (Å²) in [7, 11) is 3.12. The predicted octanol–water partition coefficient (Wildman–Crippen LogP) is -0.245. The van der Waals surface area contributed by atoms with Crippen LogP contribution in [-0.2, 0) is 14.2 Å². The van der Waals surface area contributed by atoms with Crippen molar-refractivity contribution < 1.29 is 19.3 Å². The topological polar surface area (TPSA) is 47.9 Å². The summed E-state index contributed by atoms with van der Waals surface area (Å²) in [5.74, 6) is 0. The molecule has 0 aromatic carbocycles. The Morgan fingerprint density at radius 1 is 1.45 bits per heavy atom. The van der Waals surface area contributed by atoms with E-state index in [2.05, 4.69) is 0 Å². The average molecular weight is 162 g/mol. The Hall–Kier alpha value is -0.160. The van der Waals surface area contributed by atoms with Gasteiger partial charge in [0.1, 0.15) is 6.10 Å². The highest BCUT2D eigenvalue weighted by molar-refractivity contribution is 4.74. The summed E-state index contributed by atoms with van der Waals surface area (Å²) in [6.45, 7) is 0.383. The van der Waals surface area contributed by atoms with E-state index in [-0.39, 0.29) is 18.5 Å². The maximum atomic E-state index is 9.10. The average Bonchev–Trinajstić information content (AvgIpc) is 2.39. The number of aliphatic hydroxyl groups is 1. The highest BCUT2D eigenvalue weighted by Crippen LogP contribution is 2.18. The van der Waals surface area contributed by atoms with Gasteiger partial charge in [-0.1, -0.05) is 0 Å². The van der Waals surface area contributed by atoms with Gasteiger partial charge in [-0.25, -0.2) is 0 Å². The summed E-state index contributed by atoms with van der Waals surface area (Å²) in [6.07, 6.45) is -0.258. The van der Waals surface area contributed by atoms with Gasteiger partial charge in [-0.3, -0.25) is 0 Å². The maximum absolute atomic E-state index is 9.10. The third kappa shape index (κ3) is 2.13. The fourth-order valence-corrected chi connectivity index (χ4v) is 1.23. The lowest BCUT2D eigenvalue weighted by molar-refractivity contribution is -0.167. The van der Waals surface area contributed by atoms with Crippen molar-refractivity contribution in [1.29, 1.82) is 0 Å². The van der Waals surface area contributed by atoms with E-state index in [9.17, 15) is 0 Å². The zero-order chi connectivity index (χ0) is 8.27. The van der Waals surface area contributed by atoms with Gasteiger partial charge in [0.2, 0.25) is 0 Å². The number of rotatable bonds is 3. The first kappa shape index (κ1) is 8.93. The molecule has 1 fully saturated rings. The minimum absolute atomic E-state index is 0.125. The quantitative estimate of drug-likeness (QED) is 0.581. The first-order chi connectivity index (χ1) is 5.27. The minimum Gasteiger partial charge on any atom is -0.391 e. The number of hydrogen-bond donors (Lipinski definition) is 1. The lowest BCUT2D eigenvalue weighted by Crippen LogP contribution is -2.29. The standard InChI is InChI=1S/C7H14O4/c1-9-7(10-2)6-3-5(8)4-11-6/h5-8H,3-4H2,1-2H3. The Bertz CT molecular complexity index is 113. The van der Waals surface area contributed by atoms with Gasteiger partial charge in [-0.2, -0.15) is 0 Å². The van der Waals surface area contributed by atoms with Gasteiger partial charge < -0.3 is 19.3 Å². The van der Waals surface area contributed by atoms with E-state index in [1.807, 2.05) is 0 Å². The van der Waals surface area contributed by atoms with Crippen LogP contribution in [0.1, 0.15) is 6.42 Å². The molecule has 11 heavy (non-hydrogen) atoms. The van der Waals surface area contributed by atoms with E-state index >= 15 is 0 Å². The third-order valence-corrected chi connectivity index (χ3v) is 1.78. The van der Waals surface area contributed by atoms with E-state index in [4.69, 9.17) is 19.3 Å². The second-order valence-electron chi connectivity index (χ2n) is 2.60. The van der Waals surface area contributed by atoms with Gasteiger partial charge in [-0.05, 0) is 0 Å². The Morgan fingerprint density at radius 2 is 2.09 bits per heavy atom. The van der Waals surface area contributed by atoms with Crippen LogP contribution in [0.15, 0.2) is 0 Å². The molecule has 0 bridgehead atoms. The molecule has 0 aromatic rings. The molecule has 1 saturated heterocycles. The van der Waals surface area contributed by atoms with Crippen LogP contribution >= 0.6 is 0 Å². The molecule has 2 unspecified atom stereocenters. The van der Waals surface area contributed by atoms with E-state index in [1.165, 1.54) is 0 Å². The van der Waals surface area contributed by atoms with Crippen molar-refractivity contribution in [2.24, 2.45) is 0 Å². The fourth-order valence-electron chi connectivity index (χ4n) is 1.23. The second kappa shape index (κ2) is 4.01. The van der Waals surface area contributed by atoms with Gasteiger partial charge in [-0.15, -0.1) is 0 Å². The first-order valence-corrected chi connectivity index (χ1v) is 3.63. The second-order valence-corrected chi connectivity index (χ2v) is 2.60. The number of aliphatic hydroxyl groups excluding tert-OH is 1. The molecule has 2 atom stereocenters. The summed E-state index contributed by atoms with van der Waals surface area (Å²) >= 11 is 0. The highest BCUT2D eigenvalue weighted by Gasteiger charge is 2.30. The molecule has 1 rings (SSSR count). The zero-order valence-electron chi connectivity index (χ0n) is 6.82. The number of methoxy groups -OCH3 is 2. The summed E-state index contributed by atoms with van der Waals surface area (Å²) in [5, 5.41) is 9.10. The van der Waals surface area contributed by atoms with Crippen LogP contribution in [0.4, 0.5) is 0 Å². The van der Waals surface area contributed by atoms with Crippen LogP contribution in [0.25, 0.3) is 0 Å². The summed E-state index contributed by atoms with van der Waals surface area (Å²) in [5.41, 5.74) is 0. The number of ether oxygens (including phenoxy) is 3. The number of hydrogen-bond acceptors (Lipinski definition) is 4. The predicted molar refractivity (Wildman–Crippen MR) is 38.2 cm³/mol. The first-order valence-electron chi connectivity index (χ1n) is 3.63. The van der Waals surface area contributed by atoms with Crippen molar-refractivity contribution in [3.63, 3.8) is 0 Å². The minimum atomic E-state index is -0.368. The normalized spacial score (nSPS) is 31.6. The molecule has 4 heteroatoms. The molecule has 0 radical (unpaired) electrons. The molecular weight excluding hydrogens is 148 g/mol. The SMILES string of the molecule is COC(OC)C1CC(O)CO1. The Balaban J connectivity index is 2.34. The third-order valence-electron chi connectivity index (χ3n) is 1.78. The molecule has 66 valence electrons. The molecular formula is C7H14O4. The summed E-state index contributed by atoms with van der Waals surface area (Å²) < 4.78 is 15.2. The van der Waals surface area contributed by atoms with Crippen LogP contribution in [0.3, 0.4) is 0 Å². The molecule has 1 N–H and O–H groups in total. The monoisotopic (exact) mass is 162 g/mol. The molecule has 0 spiro atoms. The molecule has 1 aliphatic heterocycles. The van der Waals surface area contributed by atoms with Crippen molar-refractivity contribution in [3.05, 3.63) is 0 Å². The molecule has 0 amide bonds. The largest absolute Gasteiger partial charge is 0.391 e. The van der Waals surface area contributed by atoms with E-state index in [0.29, 0.717) is 13.0 Å². The lowest BCUT2D eigenvalue weighted by atomic mass is 10.2. The van der Waals surface area contributed by atoms with Crippen LogP contribution < -0.4 is 0 Å². The Morgan fingerprint density at radius 3 is 2.45 bits per heavy atom. The van der Waals surface area contributed by atoms with Gasteiger partial charge in [0, 0.05) is 20.6 Å². The van der Waals surface area contributed by atoms with Gasteiger partial charge in [0.05, 0.1) is 12.7 Å². The van der Waals surface area contributed by atoms with Crippen LogP contribution in [0.5, 0.6) is 0 Å². The highest BCUT2D eigenvalue weighted by atomic mass is 16.7. The van der Waals surface area contributed by atoms with Gasteiger partial charge in [0.25, 0.3) is 0 Å². The molecule has 0 saturated carbocycles. The van der Waals surface area contributed by atoms with Crippen molar-refractivity contribution >= 4 is 0 Å². The van der Waals surface area contributed by atoms with Gasteiger partial charge in [0.15, 0.2) is 6.29 Å². The molecule has 1 aliphatic rings. The van der Waals surface area contributed by atoms with E-state index in [1.54, 1.807) is 14.2 Å². The summed E-state index contributed by atoms with van der Waals surface area (Å²) in [4.78, 5) is 0. The van der Waals surface area contributed by atoms with Crippen molar-refractivity contribution in [3.8, 4) is 0 Å². The van der Waals surface area contributed by atoms with Crippen molar-refractivity contribution in [2.75, 3.05) is 20.8 Å². The van der Waals surface area contributed by atoms with Crippen LogP contribution in [-0.4, -0.2) is 44.4 Å². The maximum Gasteiger partial charge on any atom is 0.183 e. The molecule has 0 aliphatic carbocycles. The van der Waals surface area contributed by atoms with Crippen LogP contribution in [0.2, 0.25) is 0 Å². The Kier molecular flexibility index (Phi) is 3.26. The van der Waals surface area contributed by atoms with Crippen LogP contribution in [0, 0.1) is 0 Å². The van der Waals surface area contributed by atoms with Gasteiger partial charge >= 0.3 is 0 Å². The summed E-state index contributed by atoms with van der Waals surface area (Å²) in [6, 6.07) is 0. The van der Waals surface area contributed by atoms with Crippen molar-refractivity contribution in [1.82, 2.24) is 0 Å². The Labute approximate surface area is 66.1 Å². The molecule has 4 nitrogen and oxygen atoms in total. The lowest BCUT2D eigenvalue weighted by Gasteiger charge is -2.18. The fraction of sp³-hybridized carbons (Fsp3) is 1.00. The van der Waals surface area contributed by atoms with E-state index in [0.717, 1.165) is 0 Å². The van der Waals surface area contributed by atoms with Crippen molar-refractivity contribution in [2.45, 2.75) is 24.9 Å².